The number of rotatable bonds is 3. The molecule has 2 heterocycles. The topological polar surface area (TPSA) is 65.4 Å². The first kappa shape index (κ1) is 19.1. The molecule has 0 saturated carbocycles. The number of halogens is 6. The van der Waals surface area contributed by atoms with Gasteiger partial charge in [0.05, 0.1) is 11.7 Å². The summed E-state index contributed by atoms with van der Waals surface area (Å²) < 4.78 is 84.0. The lowest BCUT2D eigenvalue weighted by Gasteiger charge is -2.36. The van der Waals surface area contributed by atoms with Crippen molar-refractivity contribution in [2.75, 3.05) is 0 Å². The molecule has 0 radical (unpaired) electrons. The zero-order valence-corrected chi connectivity index (χ0v) is 13.8. The molecule has 2 unspecified atom stereocenters. The highest BCUT2D eigenvalue weighted by molar-refractivity contribution is 5.73. The Morgan fingerprint density at radius 1 is 1.30 bits per heavy atom. The molecule has 0 saturated heterocycles. The maximum Gasteiger partial charge on any atom is 0.425 e. The van der Waals surface area contributed by atoms with Crippen LogP contribution >= 0.6 is 0 Å². The lowest BCUT2D eigenvalue weighted by Crippen LogP contribution is -2.46. The largest absolute Gasteiger partial charge is 0.452 e. The molecule has 1 aromatic carbocycles. The summed E-state index contributed by atoms with van der Waals surface area (Å²) in [5.74, 6) is -0.804. The molecule has 146 valence electrons. The van der Waals surface area contributed by atoms with E-state index in [1.165, 1.54) is 19.1 Å². The second-order valence-electron chi connectivity index (χ2n) is 6.26. The minimum Gasteiger partial charge on any atom is -0.452 e. The summed E-state index contributed by atoms with van der Waals surface area (Å²) in [7, 11) is 0. The van der Waals surface area contributed by atoms with Crippen LogP contribution in [0.1, 0.15) is 25.5 Å². The fourth-order valence-corrected chi connectivity index (χ4v) is 2.93. The fraction of sp³-hybridized carbons (Fsp3) is 0.375. The molecule has 2 N–H and O–H groups in total. The molecular weight excluding hydrogens is 378 g/mol. The van der Waals surface area contributed by atoms with E-state index in [0.717, 1.165) is 18.5 Å². The van der Waals surface area contributed by atoms with Crippen molar-refractivity contribution in [2.24, 2.45) is 10.7 Å². The van der Waals surface area contributed by atoms with Crippen LogP contribution in [0, 0.1) is 5.82 Å². The van der Waals surface area contributed by atoms with Crippen LogP contribution in [0.25, 0.3) is 11.1 Å². The van der Waals surface area contributed by atoms with Crippen molar-refractivity contribution in [2.45, 2.75) is 37.7 Å². The highest BCUT2D eigenvalue weighted by atomic mass is 19.4. The Morgan fingerprint density at radius 3 is 2.59 bits per heavy atom. The summed E-state index contributed by atoms with van der Waals surface area (Å²) in [5, 5.41) is 3.49. The smallest absolute Gasteiger partial charge is 0.425 e. The molecule has 2 aromatic rings. The Bertz CT molecular complexity index is 878. The third kappa shape index (κ3) is 3.71. The lowest BCUT2D eigenvalue weighted by molar-refractivity contribution is -0.208. The first-order valence-corrected chi connectivity index (χ1v) is 7.71. The summed E-state index contributed by atoms with van der Waals surface area (Å²) in [6.07, 6.45) is -5.46. The highest BCUT2D eigenvalue weighted by Gasteiger charge is 2.50. The lowest BCUT2D eigenvalue weighted by atomic mass is 9.84. The maximum atomic E-state index is 14.4. The van der Waals surface area contributed by atoms with Crippen molar-refractivity contribution in [1.82, 2.24) is 9.78 Å². The minimum absolute atomic E-state index is 0.162. The fourth-order valence-electron chi connectivity index (χ4n) is 2.93. The van der Waals surface area contributed by atoms with Crippen molar-refractivity contribution in [3.8, 4) is 11.1 Å². The van der Waals surface area contributed by atoms with Crippen molar-refractivity contribution in [3.63, 3.8) is 0 Å². The summed E-state index contributed by atoms with van der Waals surface area (Å²) in [5.41, 5.74) is 4.11. The Hall–Kier alpha value is -2.72. The van der Waals surface area contributed by atoms with Crippen molar-refractivity contribution >= 4 is 6.02 Å². The first-order chi connectivity index (χ1) is 12.5. The zero-order valence-electron chi connectivity index (χ0n) is 13.8. The monoisotopic (exact) mass is 392 g/mol. The van der Waals surface area contributed by atoms with Crippen molar-refractivity contribution < 1.29 is 31.1 Å². The number of alkyl halides is 5. The molecule has 0 aliphatic carbocycles. The van der Waals surface area contributed by atoms with Crippen LogP contribution in [-0.2, 0) is 10.3 Å². The van der Waals surface area contributed by atoms with Crippen molar-refractivity contribution in [3.05, 3.63) is 42.0 Å². The molecule has 0 fully saturated rings. The Kier molecular flexibility index (Phi) is 4.56. The van der Waals surface area contributed by atoms with Gasteiger partial charge in [0.15, 0.2) is 6.10 Å². The highest BCUT2D eigenvalue weighted by Crippen LogP contribution is 2.41. The molecule has 5 nitrogen and oxygen atoms in total. The van der Waals surface area contributed by atoms with Crippen LogP contribution in [0.2, 0.25) is 0 Å². The number of nitrogens with zero attached hydrogens (tertiary/aromatic N) is 3. The molecule has 0 bridgehead atoms. The number of hydrogen-bond donors (Lipinski definition) is 1. The van der Waals surface area contributed by atoms with Crippen LogP contribution in [0.3, 0.4) is 0 Å². The van der Waals surface area contributed by atoms with E-state index in [4.69, 9.17) is 5.73 Å². The van der Waals surface area contributed by atoms with Gasteiger partial charge in [-0.3, -0.25) is 0 Å². The predicted molar refractivity (Wildman–Crippen MR) is 83.4 cm³/mol. The molecule has 11 heteroatoms. The molecule has 2 atom stereocenters. The van der Waals surface area contributed by atoms with E-state index in [0.29, 0.717) is 10.2 Å². The number of aliphatic imine (C=N–C) groups is 1. The van der Waals surface area contributed by atoms with E-state index in [9.17, 15) is 26.3 Å². The van der Waals surface area contributed by atoms with Gasteiger partial charge >= 0.3 is 12.7 Å². The van der Waals surface area contributed by atoms with Gasteiger partial charge in [0.25, 0.3) is 6.02 Å². The van der Waals surface area contributed by atoms with E-state index in [2.05, 4.69) is 14.8 Å². The molecule has 0 amide bonds. The quantitative estimate of drug-likeness (QED) is 0.804. The molecule has 0 spiro atoms. The number of aromatic nitrogens is 2. The van der Waals surface area contributed by atoms with Crippen LogP contribution in [-0.4, -0.2) is 28.1 Å². The van der Waals surface area contributed by atoms with E-state index >= 15 is 0 Å². The van der Waals surface area contributed by atoms with E-state index in [-0.39, 0.29) is 11.1 Å². The third-order valence-corrected chi connectivity index (χ3v) is 4.25. The molecule has 3 rings (SSSR count). The number of hydrogen-bond acceptors (Lipinski definition) is 4. The number of ether oxygens (including phenoxy) is 1. The van der Waals surface area contributed by atoms with Crippen LogP contribution in [0.4, 0.5) is 26.3 Å². The zero-order chi connectivity index (χ0) is 20.0. The van der Waals surface area contributed by atoms with Gasteiger partial charge < -0.3 is 10.5 Å². The standard InChI is InChI=1S/C16H14F6N4O/c1-15(5-12(16(20,21)22)27-14(23)25-15)10-4-8(2-3-11(10)17)9-6-24-26(7-9)13(18)19/h2-4,6-7,12-13H,5H2,1H3,(H2,23,25). The van der Waals surface area contributed by atoms with Gasteiger partial charge in [0.1, 0.15) is 5.82 Å². The molecule has 1 aromatic heterocycles. The molecule has 1 aliphatic rings. The van der Waals surface area contributed by atoms with Gasteiger partial charge in [-0.15, -0.1) is 0 Å². The van der Waals surface area contributed by atoms with Gasteiger partial charge in [-0.05, 0) is 24.6 Å². The van der Waals surface area contributed by atoms with Crippen LogP contribution in [0.5, 0.6) is 0 Å². The summed E-state index contributed by atoms with van der Waals surface area (Å²) >= 11 is 0. The average molecular weight is 392 g/mol. The second kappa shape index (κ2) is 6.46. The number of benzene rings is 1. The Balaban J connectivity index is 2.04. The summed E-state index contributed by atoms with van der Waals surface area (Å²) in [6, 6.07) is 2.88. The molecule has 1 aliphatic heterocycles. The van der Waals surface area contributed by atoms with Crippen LogP contribution < -0.4 is 5.73 Å². The van der Waals surface area contributed by atoms with Gasteiger partial charge in [-0.2, -0.15) is 27.1 Å². The minimum atomic E-state index is -4.71. The normalized spacial score (nSPS) is 23.3. The SMILES string of the molecule is CC1(c2cc(-c3cnn(C(F)F)c3)ccc2F)CC(C(F)(F)F)OC(N)=N1. The second-order valence-corrected chi connectivity index (χ2v) is 6.26. The molecular formula is C16H14F6N4O. The van der Waals surface area contributed by atoms with Gasteiger partial charge in [0.2, 0.25) is 0 Å². The van der Waals surface area contributed by atoms with E-state index < -0.39 is 42.6 Å². The van der Waals surface area contributed by atoms with E-state index in [1.54, 1.807) is 0 Å². The molecule has 27 heavy (non-hydrogen) atoms. The van der Waals surface area contributed by atoms with Gasteiger partial charge in [0, 0.05) is 23.7 Å². The summed E-state index contributed by atoms with van der Waals surface area (Å²) in [4.78, 5) is 3.87. The number of amidine groups is 1. The van der Waals surface area contributed by atoms with Crippen molar-refractivity contribution in [1.29, 1.82) is 0 Å². The summed E-state index contributed by atoms with van der Waals surface area (Å²) in [6.45, 7) is -1.56. The van der Waals surface area contributed by atoms with Gasteiger partial charge in [-0.25, -0.2) is 14.1 Å². The van der Waals surface area contributed by atoms with Crippen LogP contribution in [0.15, 0.2) is 35.6 Å². The van der Waals surface area contributed by atoms with Gasteiger partial charge in [-0.1, -0.05) is 6.07 Å². The Morgan fingerprint density at radius 2 is 2.00 bits per heavy atom. The first-order valence-electron chi connectivity index (χ1n) is 7.71. The van der Waals surface area contributed by atoms with E-state index in [1.807, 2.05) is 0 Å². The third-order valence-electron chi connectivity index (χ3n) is 4.25. The number of nitrogens with two attached hydrogens (primary N) is 1. The average Bonchev–Trinajstić information content (AvgIpc) is 3.03. The Labute approximate surface area is 149 Å². The maximum absolute atomic E-state index is 14.4. The predicted octanol–water partition coefficient (Wildman–Crippen LogP) is 3.97.